The van der Waals surface area contributed by atoms with Gasteiger partial charge in [-0.25, -0.2) is 18.7 Å². The third-order valence-electron chi connectivity index (χ3n) is 6.10. The van der Waals surface area contributed by atoms with Crippen molar-refractivity contribution in [3.63, 3.8) is 0 Å². The maximum atomic E-state index is 12.1. The Morgan fingerprint density at radius 1 is 0.750 bits per heavy atom. The fraction of sp³-hybridized carbons (Fsp3) is 0.750. The van der Waals surface area contributed by atoms with Gasteiger partial charge in [-0.05, 0) is 45.3 Å². The summed E-state index contributed by atoms with van der Waals surface area (Å²) in [4.78, 5) is 24.2. The Bertz CT molecular complexity index is 1110. The van der Waals surface area contributed by atoms with Crippen molar-refractivity contribution in [1.82, 2.24) is 39.6 Å². The Morgan fingerprint density at radius 2 is 1.19 bits per heavy atom. The molecule has 6 heterocycles. The van der Waals surface area contributed by atoms with E-state index in [1.165, 1.54) is 18.7 Å². The topological polar surface area (TPSA) is 142 Å². The first kappa shape index (κ1) is 20.4. The molecular formula is C16H18N8O6S2. The molecular weight excluding hydrogens is 464 g/mol. The molecule has 170 valence electrons. The van der Waals surface area contributed by atoms with Crippen molar-refractivity contribution < 1.29 is 28.5 Å². The van der Waals surface area contributed by atoms with Crippen molar-refractivity contribution in [2.45, 2.75) is 62.8 Å². The zero-order chi connectivity index (χ0) is 22.0. The molecule has 0 amide bonds. The first-order valence-electron chi connectivity index (χ1n) is 10.1. The van der Waals surface area contributed by atoms with Gasteiger partial charge in [0.2, 0.25) is 22.1 Å². The molecule has 0 aliphatic carbocycles. The predicted octanol–water partition coefficient (Wildman–Crippen LogP) is -0.857. The lowest BCUT2D eigenvalue weighted by molar-refractivity contribution is -0.156. The lowest BCUT2D eigenvalue weighted by atomic mass is 10.0. The monoisotopic (exact) mass is 482 g/mol. The van der Waals surface area contributed by atoms with Crippen LogP contribution >= 0.6 is 24.4 Å². The zero-order valence-electron chi connectivity index (χ0n) is 16.6. The number of hydrogen-bond acceptors (Lipinski definition) is 12. The highest BCUT2D eigenvalue weighted by Gasteiger charge is 2.46. The van der Waals surface area contributed by atoms with Gasteiger partial charge in [0.25, 0.3) is 0 Å². The second-order valence-electron chi connectivity index (χ2n) is 8.01. The molecule has 4 saturated heterocycles. The standard InChI is InChI=1S/C16H18N8O6S2/c25-9-3-7(11-5-27-13(9)29-11)23-15(31)21(17-19-23)1-2-22-16(32)24(20-18-22)8-4-10(26)14-28-6-12(8)30-14/h7-8,11-14H,1-6H2/t7-,8-,11+,12+,13-,14-/m0/s1. The smallest absolute Gasteiger partial charge is 0.218 e. The first-order chi connectivity index (χ1) is 15.5. The number of nitrogens with zero attached hydrogens (tertiary/aromatic N) is 8. The van der Waals surface area contributed by atoms with Crippen LogP contribution < -0.4 is 0 Å². The number of ether oxygens (including phenoxy) is 4. The Labute approximate surface area is 189 Å². The largest absolute Gasteiger partial charge is 0.343 e. The second kappa shape index (κ2) is 7.67. The Hall–Kier alpha value is -2.24. The second-order valence-corrected chi connectivity index (χ2v) is 8.74. The molecule has 0 spiro atoms. The van der Waals surface area contributed by atoms with Crippen LogP contribution in [0.15, 0.2) is 0 Å². The summed E-state index contributed by atoms with van der Waals surface area (Å²) in [5, 5.41) is 16.5. The van der Waals surface area contributed by atoms with Crippen molar-refractivity contribution in [3.8, 4) is 0 Å². The normalized spacial score (nSPS) is 33.9. The molecule has 0 radical (unpaired) electrons. The van der Waals surface area contributed by atoms with E-state index in [0.29, 0.717) is 35.8 Å². The maximum absolute atomic E-state index is 12.1. The minimum absolute atomic E-state index is 0.132. The molecule has 0 unspecified atom stereocenters. The fourth-order valence-electron chi connectivity index (χ4n) is 4.39. The average molecular weight is 483 g/mol. The van der Waals surface area contributed by atoms with Gasteiger partial charge in [-0.1, -0.05) is 0 Å². The van der Waals surface area contributed by atoms with Crippen LogP contribution in [0.4, 0.5) is 0 Å². The summed E-state index contributed by atoms with van der Waals surface area (Å²) < 4.78 is 28.7. The van der Waals surface area contributed by atoms with Gasteiger partial charge in [0.1, 0.15) is 12.2 Å². The number of rotatable bonds is 5. The molecule has 0 aromatic carbocycles. The van der Waals surface area contributed by atoms with Gasteiger partial charge in [0, 0.05) is 12.8 Å². The number of tetrazole rings is 2. The minimum atomic E-state index is -0.781. The zero-order valence-corrected chi connectivity index (χ0v) is 18.2. The SMILES string of the molecule is O=C1C[C@H](n2nnn(CCn3nnn([C@H]4CC(=O)[C@H]5OC[C@H]4O5)c3=S)c2=S)[C@H]2CO[C@H]1O2. The van der Waals surface area contributed by atoms with Crippen molar-refractivity contribution in [2.75, 3.05) is 13.2 Å². The molecule has 6 atom stereocenters. The van der Waals surface area contributed by atoms with Crippen LogP contribution in [0.25, 0.3) is 0 Å². The number of Topliss-reactive ketones (excluding diaryl/α,β-unsaturated/α-hetero) is 2. The summed E-state index contributed by atoms with van der Waals surface area (Å²) >= 11 is 11.0. The molecule has 32 heavy (non-hydrogen) atoms. The van der Waals surface area contributed by atoms with Gasteiger partial charge >= 0.3 is 0 Å². The van der Waals surface area contributed by atoms with Crippen LogP contribution in [0.3, 0.4) is 0 Å². The third-order valence-corrected chi connectivity index (χ3v) is 6.89. The molecule has 4 fully saturated rings. The number of hydrogen-bond donors (Lipinski definition) is 0. The lowest BCUT2D eigenvalue weighted by Gasteiger charge is -2.25. The molecule has 4 aliphatic rings. The third kappa shape index (κ3) is 3.20. The average Bonchev–Trinajstić information content (AvgIpc) is 3.55. The Morgan fingerprint density at radius 3 is 1.62 bits per heavy atom. The molecule has 6 rings (SSSR count). The van der Waals surface area contributed by atoms with Crippen LogP contribution in [0.5, 0.6) is 0 Å². The molecule has 0 N–H and O–H groups in total. The van der Waals surface area contributed by atoms with E-state index in [-0.39, 0.29) is 48.7 Å². The first-order valence-corrected chi connectivity index (χ1v) is 11.0. The summed E-state index contributed by atoms with van der Waals surface area (Å²) in [7, 11) is 0. The van der Waals surface area contributed by atoms with Crippen molar-refractivity contribution in [2.24, 2.45) is 0 Å². The molecule has 0 saturated carbocycles. The van der Waals surface area contributed by atoms with Crippen molar-refractivity contribution in [3.05, 3.63) is 9.54 Å². The van der Waals surface area contributed by atoms with E-state index >= 15 is 0 Å². The maximum Gasteiger partial charge on any atom is 0.218 e. The summed E-state index contributed by atoms with van der Waals surface area (Å²) in [5.41, 5.74) is 0. The number of carbonyl (C=O) groups excluding carboxylic acids is 2. The van der Waals surface area contributed by atoms with Crippen LogP contribution in [0.1, 0.15) is 24.9 Å². The van der Waals surface area contributed by atoms with Crippen LogP contribution in [-0.4, -0.2) is 89.1 Å². The summed E-state index contributed by atoms with van der Waals surface area (Å²) in [6, 6.07) is -0.710. The number of carbonyl (C=O) groups is 2. The van der Waals surface area contributed by atoms with Gasteiger partial charge in [0.05, 0.1) is 38.4 Å². The molecule has 4 aliphatic heterocycles. The number of aromatic nitrogens is 8. The van der Waals surface area contributed by atoms with E-state index < -0.39 is 12.6 Å². The molecule has 16 heteroatoms. The highest BCUT2D eigenvalue weighted by molar-refractivity contribution is 7.71. The lowest BCUT2D eigenvalue weighted by Crippen LogP contribution is -2.37. The van der Waals surface area contributed by atoms with E-state index in [0.717, 1.165) is 0 Å². The quantitative estimate of drug-likeness (QED) is 0.490. The molecule has 14 nitrogen and oxygen atoms in total. The highest BCUT2D eigenvalue weighted by Crippen LogP contribution is 2.33. The van der Waals surface area contributed by atoms with Crippen LogP contribution in [0, 0.1) is 9.54 Å². The van der Waals surface area contributed by atoms with Crippen LogP contribution in [-0.2, 0) is 41.6 Å². The van der Waals surface area contributed by atoms with Crippen LogP contribution in [0.2, 0.25) is 0 Å². The van der Waals surface area contributed by atoms with E-state index in [2.05, 4.69) is 20.9 Å². The van der Waals surface area contributed by atoms with Crippen molar-refractivity contribution in [1.29, 1.82) is 0 Å². The summed E-state index contributed by atoms with van der Waals surface area (Å²) in [6.07, 6.45) is -1.68. The molecule has 2 aromatic heterocycles. The van der Waals surface area contributed by atoms with E-state index in [1.807, 2.05) is 0 Å². The summed E-state index contributed by atoms with van der Waals surface area (Å²) in [6.45, 7) is 1.31. The summed E-state index contributed by atoms with van der Waals surface area (Å²) in [5.74, 6) is -0.264. The highest BCUT2D eigenvalue weighted by atomic mass is 32.1. The van der Waals surface area contributed by atoms with Crippen molar-refractivity contribution >= 4 is 36.0 Å². The Balaban J connectivity index is 1.17. The van der Waals surface area contributed by atoms with Gasteiger partial charge in [0.15, 0.2) is 11.6 Å². The predicted molar refractivity (Wildman–Crippen MR) is 104 cm³/mol. The van der Waals surface area contributed by atoms with Gasteiger partial charge in [-0.3, -0.25) is 9.59 Å². The molecule has 2 aromatic rings. The van der Waals surface area contributed by atoms with Gasteiger partial charge in [-0.2, -0.15) is 0 Å². The molecule has 4 bridgehead atoms. The van der Waals surface area contributed by atoms with Gasteiger partial charge < -0.3 is 18.9 Å². The minimum Gasteiger partial charge on any atom is -0.343 e. The van der Waals surface area contributed by atoms with E-state index in [4.69, 9.17) is 43.4 Å². The van der Waals surface area contributed by atoms with Gasteiger partial charge in [-0.15, -0.1) is 0 Å². The van der Waals surface area contributed by atoms with E-state index in [9.17, 15) is 9.59 Å². The fourth-order valence-corrected chi connectivity index (χ4v) is 4.99. The van der Waals surface area contributed by atoms with E-state index in [1.54, 1.807) is 0 Å². The number of aryl methyl sites for hydroxylation is 2. The number of ketones is 2. The Kier molecular flexibility index (Phi) is 4.88. The number of fused-ring (bicyclic) bond motifs is 4.